The number of alkyl halides is 2. The molecule has 0 saturated carbocycles. The summed E-state index contributed by atoms with van der Waals surface area (Å²) in [4.78, 5) is 14.0. The Kier molecular flexibility index (Phi) is 3.68. The smallest absolute Gasteiger partial charge is 0.333 e. The van der Waals surface area contributed by atoms with E-state index in [4.69, 9.17) is 0 Å². The highest BCUT2D eigenvalue weighted by Gasteiger charge is 2.27. The third-order valence-corrected chi connectivity index (χ3v) is 3.70. The van der Waals surface area contributed by atoms with Gasteiger partial charge in [0.2, 0.25) is 0 Å². The van der Waals surface area contributed by atoms with E-state index in [2.05, 4.69) is 15.3 Å². The highest BCUT2D eigenvalue weighted by Crippen LogP contribution is 2.26. The Morgan fingerprint density at radius 1 is 1.43 bits per heavy atom. The first-order valence-electron chi connectivity index (χ1n) is 6.77. The van der Waals surface area contributed by atoms with Crippen LogP contribution in [-0.4, -0.2) is 43.9 Å². The second-order valence-corrected chi connectivity index (χ2v) is 5.06. The molecule has 8 heteroatoms. The van der Waals surface area contributed by atoms with E-state index in [1.54, 1.807) is 11.1 Å². The van der Waals surface area contributed by atoms with E-state index >= 15 is 0 Å². The Hall–Kier alpha value is -2.25. The van der Waals surface area contributed by atoms with Crippen LogP contribution < -0.4 is 0 Å². The van der Waals surface area contributed by atoms with Crippen LogP contribution >= 0.6 is 0 Å². The fourth-order valence-corrected chi connectivity index (χ4v) is 2.63. The summed E-state index contributed by atoms with van der Waals surface area (Å²) in [6.07, 6.45) is 4.64. The quantitative estimate of drug-likeness (QED) is 0.942. The average molecular weight is 295 g/mol. The van der Waals surface area contributed by atoms with Crippen molar-refractivity contribution in [3.63, 3.8) is 0 Å². The van der Waals surface area contributed by atoms with E-state index in [1.165, 1.54) is 6.07 Å². The van der Waals surface area contributed by atoms with Gasteiger partial charge in [-0.1, -0.05) is 0 Å². The van der Waals surface area contributed by atoms with Gasteiger partial charge >= 0.3 is 6.55 Å². The molecule has 21 heavy (non-hydrogen) atoms. The molecule has 1 aliphatic heterocycles. The lowest BCUT2D eigenvalue weighted by Crippen LogP contribution is -2.39. The fraction of sp³-hybridized carbons (Fsp3) is 0.462. The maximum atomic E-state index is 12.5. The molecule has 1 atom stereocenters. The lowest BCUT2D eigenvalue weighted by molar-refractivity contribution is 0.0546. The van der Waals surface area contributed by atoms with Crippen LogP contribution in [0, 0.1) is 0 Å². The van der Waals surface area contributed by atoms with Gasteiger partial charge in [0, 0.05) is 37.1 Å². The van der Waals surface area contributed by atoms with Gasteiger partial charge in [-0.05, 0) is 25.0 Å². The third kappa shape index (κ3) is 2.79. The topological polar surface area (TPSA) is 66.8 Å². The first-order chi connectivity index (χ1) is 10.1. The Bertz CT molecular complexity index is 610. The van der Waals surface area contributed by atoms with Gasteiger partial charge in [0.25, 0.3) is 5.91 Å². The molecule has 0 aromatic carbocycles. The highest BCUT2D eigenvalue weighted by atomic mass is 19.3. The predicted molar refractivity (Wildman–Crippen MR) is 69.9 cm³/mol. The van der Waals surface area contributed by atoms with Crippen molar-refractivity contribution in [2.24, 2.45) is 0 Å². The van der Waals surface area contributed by atoms with Crippen molar-refractivity contribution in [1.82, 2.24) is 24.9 Å². The van der Waals surface area contributed by atoms with Crippen LogP contribution in [0.25, 0.3) is 0 Å². The summed E-state index contributed by atoms with van der Waals surface area (Å²) in [6.45, 7) is -1.57. The van der Waals surface area contributed by atoms with E-state index in [0.717, 1.165) is 24.7 Å². The zero-order valence-electron chi connectivity index (χ0n) is 11.2. The van der Waals surface area contributed by atoms with Gasteiger partial charge in [0.1, 0.15) is 0 Å². The maximum absolute atomic E-state index is 12.5. The van der Waals surface area contributed by atoms with Gasteiger partial charge in [0.05, 0.1) is 0 Å². The van der Waals surface area contributed by atoms with E-state index in [1.807, 2.05) is 6.07 Å². The minimum absolute atomic E-state index is 0.0561. The molecule has 3 heterocycles. The number of hydrogen-bond acceptors (Lipinski definition) is 3. The third-order valence-electron chi connectivity index (χ3n) is 3.70. The summed E-state index contributed by atoms with van der Waals surface area (Å²) < 4.78 is 25.5. The number of halogens is 2. The van der Waals surface area contributed by atoms with Crippen molar-refractivity contribution in [1.29, 1.82) is 0 Å². The van der Waals surface area contributed by atoms with Crippen LogP contribution in [-0.2, 0) is 0 Å². The lowest BCUT2D eigenvalue weighted by atomic mass is 9.95. The summed E-state index contributed by atoms with van der Waals surface area (Å²) in [7, 11) is 0. The van der Waals surface area contributed by atoms with E-state index in [-0.39, 0.29) is 17.5 Å². The number of aromatic nitrogens is 4. The molecule has 0 radical (unpaired) electrons. The number of carbonyl (C=O) groups is 1. The van der Waals surface area contributed by atoms with Crippen molar-refractivity contribution in [3.05, 3.63) is 35.9 Å². The normalized spacial score (nSPS) is 19.2. The van der Waals surface area contributed by atoms with E-state index < -0.39 is 6.55 Å². The number of carbonyl (C=O) groups excluding carboxylic acids is 1. The molecule has 0 spiro atoms. The van der Waals surface area contributed by atoms with Crippen molar-refractivity contribution < 1.29 is 13.6 Å². The van der Waals surface area contributed by atoms with Crippen LogP contribution in [0.5, 0.6) is 0 Å². The Balaban J connectivity index is 1.71. The number of H-pyrrole nitrogens is 1. The second-order valence-electron chi connectivity index (χ2n) is 5.06. The van der Waals surface area contributed by atoms with Gasteiger partial charge in [0.15, 0.2) is 5.69 Å². The Labute approximate surface area is 119 Å². The van der Waals surface area contributed by atoms with Crippen LogP contribution in [0.4, 0.5) is 8.78 Å². The Morgan fingerprint density at radius 3 is 2.95 bits per heavy atom. The monoisotopic (exact) mass is 295 g/mol. The van der Waals surface area contributed by atoms with Gasteiger partial charge < -0.3 is 4.90 Å². The summed E-state index contributed by atoms with van der Waals surface area (Å²) >= 11 is 0. The van der Waals surface area contributed by atoms with Crippen LogP contribution in [0.3, 0.4) is 0 Å². The summed E-state index contributed by atoms with van der Waals surface area (Å²) in [6, 6.07) is 3.22. The lowest BCUT2D eigenvalue weighted by Gasteiger charge is -2.31. The van der Waals surface area contributed by atoms with Crippen LogP contribution in [0.2, 0.25) is 0 Å². The van der Waals surface area contributed by atoms with E-state index in [0.29, 0.717) is 17.8 Å². The summed E-state index contributed by atoms with van der Waals surface area (Å²) in [5.41, 5.74) is 1.05. The number of nitrogens with zero attached hydrogens (tertiary/aromatic N) is 4. The van der Waals surface area contributed by atoms with Gasteiger partial charge in [-0.15, -0.1) is 0 Å². The molecule has 112 valence electrons. The molecule has 1 N–H and O–H groups in total. The number of amides is 1. The van der Waals surface area contributed by atoms with Crippen molar-refractivity contribution in [2.75, 3.05) is 13.1 Å². The standard InChI is InChI=1S/C13H15F2N5O/c14-13(15)20-7-4-11(18-20)12(21)19-6-1-2-9(8-19)10-3-5-16-17-10/h3-5,7,9,13H,1-2,6,8H2,(H,16,17). The van der Waals surface area contributed by atoms with Gasteiger partial charge in [-0.2, -0.15) is 19.0 Å². The average Bonchev–Trinajstić information content (AvgIpc) is 3.18. The van der Waals surface area contributed by atoms with Crippen LogP contribution in [0.15, 0.2) is 24.5 Å². The number of nitrogens with one attached hydrogen (secondary N) is 1. The number of rotatable bonds is 3. The first-order valence-corrected chi connectivity index (χ1v) is 6.77. The van der Waals surface area contributed by atoms with Gasteiger partial charge in [-0.3, -0.25) is 9.89 Å². The molecule has 2 aromatic heterocycles. The molecule has 0 bridgehead atoms. The van der Waals surface area contributed by atoms with Gasteiger partial charge in [-0.25, -0.2) is 4.68 Å². The van der Waals surface area contributed by atoms with Crippen molar-refractivity contribution in [3.8, 4) is 0 Å². The second kappa shape index (κ2) is 5.63. The molecule has 1 amide bonds. The van der Waals surface area contributed by atoms with Crippen molar-refractivity contribution in [2.45, 2.75) is 25.3 Å². The molecule has 2 aromatic rings. The van der Waals surface area contributed by atoms with Crippen molar-refractivity contribution >= 4 is 5.91 Å². The Morgan fingerprint density at radius 2 is 2.29 bits per heavy atom. The first kappa shape index (κ1) is 13.7. The molecule has 1 fully saturated rings. The molecule has 0 aliphatic carbocycles. The minimum Gasteiger partial charge on any atom is -0.337 e. The maximum Gasteiger partial charge on any atom is 0.333 e. The fourth-order valence-electron chi connectivity index (χ4n) is 2.63. The van der Waals surface area contributed by atoms with Crippen LogP contribution in [0.1, 0.15) is 41.5 Å². The molecule has 3 rings (SSSR count). The molecule has 1 unspecified atom stereocenters. The minimum atomic E-state index is -2.73. The predicted octanol–water partition coefficient (Wildman–Crippen LogP) is 2.02. The number of hydrogen-bond donors (Lipinski definition) is 1. The summed E-state index contributed by atoms with van der Waals surface area (Å²) in [5, 5.41) is 10.5. The SMILES string of the molecule is O=C(c1ccn(C(F)F)n1)N1CCCC(c2ccn[nH]2)C1. The molecule has 6 nitrogen and oxygen atoms in total. The highest BCUT2D eigenvalue weighted by molar-refractivity contribution is 5.92. The number of aromatic amines is 1. The molecule has 1 aliphatic rings. The molecular formula is C13H15F2N5O. The zero-order valence-corrected chi connectivity index (χ0v) is 11.2. The zero-order chi connectivity index (χ0) is 14.8. The van der Waals surface area contributed by atoms with E-state index in [9.17, 15) is 13.6 Å². The largest absolute Gasteiger partial charge is 0.337 e. The number of likely N-dealkylation sites (tertiary alicyclic amines) is 1. The molecule has 1 saturated heterocycles. The number of piperidine rings is 1. The molecular weight excluding hydrogens is 280 g/mol. The summed E-state index contributed by atoms with van der Waals surface area (Å²) in [5.74, 6) is -0.110.